The van der Waals surface area contributed by atoms with E-state index in [0.717, 1.165) is 11.1 Å². The Morgan fingerprint density at radius 3 is 2.55 bits per heavy atom. The van der Waals surface area contributed by atoms with Crippen molar-refractivity contribution in [3.63, 3.8) is 0 Å². The fraction of sp³-hybridized carbons (Fsp3) is 0.0625. The first-order valence-corrected chi connectivity index (χ1v) is 6.10. The van der Waals surface area contributed by atoms with Gasteiger partial charge in [0.1, 0.15) is 0 Å². The van der Waals surface area contributed by atoms with Gasteiger partial charge in [0.15, 0.2) is 11.3 Å². The summed E-state index contributed by atoms with van der Waals surface area (Å²) >= 11 is 0. The maximum Gasteiger partial charge on any atom is 0.336 e. The highest BCUT2D eigenvalue weighted by molar-refractivity contribution is 5.97. The second kappa shape index (κ2) is 4.74. The van der Waals surface area contributed by atoms with E-state index < -0.39 is 5.63 Å². The molecule has 20 heavy (non-hydrogen) atoms. The minimum Gasteiger partial charge on any atom is -0.502 e. The third-order valence-corrected chi connectivity index (χ3v) is 3.15. The molecule has 0 saturated carbocycles. The molecule has 0 bridgehead atoms. The Bertz CT molecular complexity index is 819. The molecule has 1 heterocycles. The third kappa shape index (κ3) is 1.91. The van der Waals surface area contributed by atoms with Gasteiger partial charge in [0.05, 0.1) is 7.11 Å². The number of ether oxygens (including phenoxy) is 1. The molecule has 0 aliphatic rings. The maximum atomic E-state index is 11.7. The molecule has 0 atom stereocenters. The van der Waals surface area contributed by atoms with Crippen LogP contribution in [-0.4, -0.2) is 12.2 Å². The first-order valence-electron chi connectivity index (χ1n) is 6.10. The SMILES string of the molecule is COc1ccc2c(-c3ccccc3)cc(=O)oc2c1O. The molecule has 1 aromatic heterocycles. The van der Waals surface area contributed by atoms with Crippen LogP contribution in [0.3, 0.4) is 0 Å². The number of hydrogen-bond acceptors (Lipinski definition) is 4. The average Bonchev–Trinajstić information content (AvgIpc) is 2.48. The van der Waals surface area contributed by atoms with Crippen LogP contribution in [0.2, 0.25) is 0 Å². The monoisotopic (exact) mass is 268 g/mol. The van der Waals surface area contributed by atoms with E-state index in [2.05, 4.69) is 0 Å². The van der Waals surface area contributed by atoms with Crippen LogP contribution in [-0.2, 0) is 0 Å². The Kier molecular flexibility index (Phi) is 2.91. The number of methoxy groups -OCH3 is 1. The molecule has 4 nitrogen and oxygen atoms in total. The number of phenolic OH excluding ortho intramolecular Hbond substituents is 1. The van der Waals surface area contributed by atoms with Crippen molar-refractivity contribution in [2.45, 2.75) is 0 Å². The van der Waals surface area contributed by atoms with Crippen molar-refractivity contribution < 1.29 is 14.3 Å². The first-order chi connectivity index (χ1) is 9.70. The van der Waals surface area contributed by atoms with Crippen molar-refractivity contribution in [1.29, 1.82) is 0 Å². The summed E-state index contributed by atoms with van der Waals surface area (Å²) in [4.78, 5) is 11.7. The molecule has 0 spiro atoms. The van der Waals surface area contributed by atoms with Gasteiger partial charge in [-0.3, -0.25) is 0 Å². The van der Waals surface area contributed by atoms with Crippen molar-refractivity contribution in [1.82, 2.24) is 0 Å². The number of rotatable bonds is 2. The summed E-state index contributed by atoms with van der Waals surface area (Å²) in [6.45, 7) is 0. The Morgan fingerprint density at radius 1 is 1.10 bits per heavy atom. The molecule has 1 N–H and O–H groups in total. The molecule has 4 heteroatoms. The highest BCUT2D eigenvalue weighted by atomic mass is 16.5. The lowest BCUT2D eigenvalue weighted by atomic mass is 10.0. The van der Waals surface area contributed by atoms with Crippen LogP contribution in [0.25, 0.3) is 22.1 Å². The molecule has 0 unspecified atom stereocenters. The minimum atomic E-state index is -0.514. The Hall–Kier alpha value is -2.75. The van der Waals surface area contributed by atoms with E-state index in [0.29, 0.717) is 5.39 Å². The van der Waals surface area contributed by atoms with Crippen LogP contribution in [0.5, 0.6) is 11.5 Å². The molecule has 0 aliphatic heterocycles. The zero-order valence-corrected chi connectivity index (χ0v) is 10.8. The van der Waals surface area contributed by atoms with Crippen LogP contribution in [0.1, 0.15) is 0 Å². The number of phenols is 1. The maximum absolute atomic E-state index is 11.7. The topological polar surface area (TPSA) is 59.7 Å². The van der Waals surface area contributed by atoms with Crippen molar-refractivity contribution in [3.8, 4) is 22.6 Å². The summed E-state index contributed by atoms with van der Waals surface area (Å²) in [6, 6.07) is 14.3. The number of benzene rings is 2. The van der Waals surface area contributed by atoms with Gasteiger partial charge in [-0.05, 0) is 23.3 Å². The second-order valence-electron chi connectivity index (χ2n) is 4.34. The van der Waals surface area contributed by atoms with E-state index in [-0.39, 0.29) is 17.1 Å². The van der Waals surface area contributed by atoms with Gasteiger partial charge in [-0.25, -0.2) is 4.79 Å². The van der Waals surface area contributed by atoms with Gasteiger partial charge in [0.2, 0.25) is 5.75 Å². The lowest BCUT2D eigenvalue weighted by Crippen LogP contribution is -1.98. The summed E-state index contributed by atoms with van der Waals surface area (Å²) in [5.74, 6) is 0.103. The van der Waals surface area contributed by atoms with Crippen LogP contribution in [0.4, 0.5) is 0 Å². The molecule has 0 aliphatic carbocycles. The van der Waals surface area contributed by atoms with Crippen molar-refractivity contribution in [2.24, 2.45) is 0 Å². The standard InChI is InChI=1S/C16H12O4/c1-19-13-8-7-11-12(10-5-3-2-4-6-10)9-14(17)20-16(11)15(13)18/h2-9,18H,1H3. The highest BCUT2D eigenvalue weighted by Gasteiger charge is 2.14. The van der Waals surface area contributed by atoms with E-state index >= 15 is 0 Å². The van der Waals surface area contributed by atoms with Gasteiger partial charge in [-0.15, -0.1) is 0 Å². The number of aromatic hydroxyl groups is 1. The largest absolute Gasteiger partial charge is 0.502 e. The summed E-state index contributed by atoms with van der Waals surface area (Å²) in [5, 5.41) is 10.7. The Labute approximate surface area is 114 Å². The van der Waals surface area contributed by atoms with Gasteiger partial charge >= 0.3 is 5.63 Å². The van der Waals surface area contributed by atoms with E-state index in [9.17, 15) is 9.90 Å². The normalized spacial score (nSPS) is 10.7. The lowest BCUT2D eigenvalue weighted by molar-refractivity contribution is 0.370. The van der Waals surface area contributed by atoms with Gasteiger partial charge < -0.3 is 14.3 Å². The first kappa shape index (κ1) is 12.3. The molecule has 0 radical (unpaired) electrons. The van der Waals surface area contributed by atoms with E-state index in [1.54, 1.807) is 12.1 Å². The summed E-state index contributed by atoms with van der Waals surface area (Å²) < 4.78 is 10.1. The molecule has 0 fully saturated rings. The average molecular weight is 268 g/mol. The third-order valence-electron chi connectivity index (χ3n) is 3.15. The quantitative estimate of drug-likeness (QED) is 0.725. The summed E-state index contributed by atoms with van der Waals surface area (Å²) in [7, 11) is 1.44. The molecule has 3 rings (SSSR count). The molecule has 100 valence electrons. The van der Waals surface area contributed by atoms with Gasteiger partial charge in [-0.1, -0.05) is 30.3 Å². The van der Waals surface area contributed by atoms with E-state index in [1.807, 2.05) is 30.3 Å². The van der Waals surface area contributed by atoms with Crippen molar-refractivity contribution in [3.05, 3.63) is 59.0 Å². The number of hydrogen-bond donors (Lipinski definition) is 1. The molecular weight excluding hydrogens is 256 g/mol. The molecule has 0 amide bonds. The molecule has 0 saturated heterocycles. The van der Waals surface area contributed by atoms with Crippen molar-refractivity contribution in [2.75, 3.05) is 7.11 Å². The van der Waals surface area contributed by atoms with Crippen LogP contribution < -0.4 is 10.4 Å². The molecular formula is C16H12O4. The Balaban J connectivity index is 2.40. The van der Waals surface area contributed by atoms with E-state index in [1.165, 1.54) is 13.2 Å². The summed E-state index contributed by atoms with van der Waals surface area (Å²) in [6.07, 6.45) is 0. The van der Waals surface area contributed by atoms with Crippen LogP contribution >= 0.6 is 0 Å². The Morgan fingerprint density at radius 2 is 1.85 bits per heavy atom. The fourth-order valence-corrected chi connectivity index (χ4v) is 2.22. The lowest BCUT2D eigenvalue weighted by Gasteiger charge is -2.09. The number of fused-ring (bicyclic) bond motifs is 1. The minimum absolute atomic E-state index is 0.135. The summed E-state index contributed by atoms with van der Waals surface area (Å²) in [5.41, 5.74) is 1.22. The van der Waals surface area contributed by atoms with Crippen LogP contribution in [0.15, 0.2) is 57.7 Å². The molecule has 2 aromatic carbocycles. The smallest absolute Gasteiger partial charge is 0.336 e. The van der Waals surface area contributed by atoms with Gasteiger partial charge in [0, 0.05) is 11.5 Å². The molecule has 3 aromatic rings. The van der Waals surface area contributed by atoms with Crippen molar-refractivity contribution >= 4 is 11.0 Å². The van der Waals surface area contributed by atoms with Gasteiger partial charge in [0.25, 0.3) is 0 Å². The second-order valence-corrected chi connectivity index (χ2v) is 4.34. The van der Waals surface area contributed by atoms with E-state index in [4.69, 9.17) is 9.15 Å². The zero-order chi connectivity index (χ0) is 14.1. The van der Waals surface area contributed by atoms with Gasteiger partial charge in [-0.2, -0.15) is 0 Å². The highest BCUT2D eigenvalue weighted by Crippen LogP contribution is 2.37. The fourth-order valence-electron chi connectivity index (χ4n) is 2.22. The zero-order valence-electron chi connectivity index (χ0n) is 10.8. The predicted octanol–water partition coefficient (Wildman–Crippen LogP) is 3.17. The predicted molar refractivity (Wildman–Crippen MR) is 76.1 cm³/mol. The van der Waals surface area contributed by atoms with Crippen LogP contribution in [0, 0.1) is 0 Å².